The van der Waals surface area contributed by atoms with E-state index in [9.17, 15) is 14.9 Å². The van der Waals surface area contributed by atoms with Gasteiger partial charge in [-0.1, -0.05) is 11.6 Å². The van der Waals surface area contributed by atoms with Gasteiger partial charge in [0, 0.05) is 12.1 Å². The molecule has 0 aliphatic heterocycles. The summed E-state index contributed by atoms with van der Waals surface area (Å²) in [6, 6.07) is 1.38. The zero-order chi connectivity index (χ0) is 17.1. The van der Waals surface area contributed by atoms with Crippen LogP contribution in [-0.2, 0) is 0 Å². The third kappa shape index (κ3) is 2.64. The summed E-state index contributed by atoms with van der Waals surface area (Å²) < 4.78 is 0.0626. The van der Waals surface area contributed by atoms with Crippen molar-refractivity contribution in [2.24, 2.45) is 23.2 Å². The monoisotopic (exact) mass is 368 g/mol. The summed E-state index contributed by atoms with van der Waals surface area (Å²) in [5, 5.41) is 14.0. The minimum Gasteiger partial charge on any atom is -0.348 e. The summed E-state index contributed by atoms with van der Waals surface area (Å²) in [7, 11) is 0. The van der Waals surface area contributed by atoms with E-state index in [2.05, 4.69) is 12.2 Å². The molecule has 1 atom stereocenters. The fourth-order valence-electron chi connectivity index (χ4n) is 5.72. The molecule has 24 heavy (non-hydrogen) atoms. The van der Waals surface area contributed by atoms with Crippen molar-refractivity contribution in [2.75, 3.05) is 0 Å². The average molecular weight is 369 g/mol. The fourth-order valence-corrected chi connectivity index (χ4v) is 6.85. The highest BCUT2D eigenvalue weighted by Gasteiger charge is 2.53. The van der Waals surface area contributed by atoms with Gasteiger partial charge in [0.25, 0.3) is 11.6 Å². The highest BCUT2D eigenvalue weighted by atomic mass is 35.5. The molecule has 1 amide bonds. The molecule has 1 heterocycles. The normalized spacial score (nSPS) is 35.0. The van der Waals surface area contributed by atoms with Gasteiger partial charge in [-0.15, -0.1) is 11.3 Å². The third-order valence-electron chi connectivity index (χ3n) is 6.44. The van der Waals surface area contributed by atoms with E-state index in [1.807, 2.05) is 0 Å². The summed E-state index contributed by atoms with van der Waals surface area (Å²) in [5.41, 5.74) is 0.0338. The Hall–Kier alpha value is -1.14. The Labute approximate surface area is 149 Å². The topological polar surface area (TPSA) is 72.2 Å². The fraction of sp³-hybridized carbons (Fsp3) is 0.706. The lowest BCUT2D eigenvalue weighted by Gasteiger charge is -2.59. The van der Waals surface area contributed by atoms with Gasteiger partial charge in [0.2, 0.25) is 0 Å². The molecule has 7 heteroatoms. The van der Waals surface area contributed by atoms with Crippen LogP contribution in [0.3, 0.4) is 0 Å². The zero-order valence-electron chi connectivity index (χ0n) is 13.6. The lowest BCUT2D eigenvalue weighted by atomic mass is 9.48. The minimum absolute atomic E-state index is 0.0626. The van der Waals surface area contributed by atoms with Crippen LogP contribution in [0.25, 0.3) is 0 Å². The van der Waals surface area contributed by atoms with Gasteiger partial charge in [0.15, 0.2) is 4.34 Å². The molecule has 1 aromatic heterocycles. The first-order chi connectivity index (χ1) is 11.4. The number of nitrogens with zero attached hydrogens (tertiary/aromatic N) is 1. The summed E-state index contributed by atoms with van der Waals surface area (Å²) in [4.78, 5) is 23.2. The number of hydrogen-bond acceptors (Lipinski definition) is 4. The van der Waals surface area contributed by atoms with Crippen LogP contribution in [0, 0.1) is 33.3 Å². The van der Waals surface area contributed by atoms with Crippen LogP contribution >= 0.6 is 22.9 Å². The molecule has 1 N–H and O–H groups in total. The minimum atomic E-state index is -0.544. The maximum atomic E-state index is 12.6. The van der Waals surface area contributed by atoms with E-state index < -0.39 is 4.92 Å². The van der Waals surface area contributed by atoms with Crippen LogP contribution in [0.1, 0.15) is 55.1 Å². The summed E-state index contributed by atoms with van der Waals surface area (Å²) >= 11 is 6.86. The van der Waals surface area contributed by atoms with Gasteiger partial charge in [-0.25, -0.2) is 0 Å². The van der Waals surface area contributed by atoms with E-state index in [1.165, 1.54) is 44.6 Å². The molecule has 4 aliphatic rings. The van der Waals surface area contributed by atoms with Crippen LogP contribution in [-0.4, -0.2) is 16.9 Å². The Morgan fingerprint density at radius 2 is 1.88 bits per heavy atom. The largest absolute Gasteiger partial charge is 0.348 e. The number of halogens is 1. The SMILES string of the molecule is CC(NC(=O)c1cc([N+](=O)[O-])c(Cl)s1)C12CC3CC(CC(C3)C1)C2. The second-order valence-corrected chi connectivity index (χ2v) is 9.66. The maximum absolute atomic E-state index is 12.6. The summed E-state index contributed by atoms with van der Waals surface area (Å²) in [6.45, 7) is 2.11. The molecule has 1 unspecified atom stereocenters. The standard InChI is InChI=1S/C17H21ClN2O3S/c1-9(17-6-10-2-11(7-17)4-12(3-10)8-17)19-16(21)14-5-13(20(22)23)15(18)24-14/h5,9-12H,2-4,6-8H2,1H3,(H,19,21). The van der Waals surface area contributed by atoms with Crippen molar-refractivity contribution in [1.82, 2.24) is 5.32 Å². The number of thiophene rings is 1. The average Bonchev–Trinajstić information content (AvgIpc) is 2.88. The Morgan fingerprint density at radius 1 is 1.33 bits per heavy atom. The predicted molar refractivity (Wildman–Crippen MR) is 93.5 cm³/mol. The molecule has 130 valence electrons. The van der Waals surface area contributed by atoms with Gasteiger partial charge in [-0.2, -0.15) is 0 Å². The van der Waals surface area contributed by atoms with Crippen molar-refractivity contribution < 1.29 is 9.72 Å². The lowest BCUT2D eigenvalue weighted by molar-refractivity contribution is -0.384. The molecule has 1 aromatic rings. The Kier molecular flexibility index (Phi) is 3.88. The van der Waals surface area contributed by atoms with Crippen molar-refractivity contribution in [3.05, 3.63) is 25.4 Å². The van der Waals surface area contributed by atoms with E-state index in [1.54, 1.807) is 0 Å². The van der Waals surface area contributed by atoms with E-state index in [-0.39, 0.29) is 27.4 Å². The highest BCUT2D eigenvalue weighted by molar-refractivity contribution is 7.18. The van der Waals surface area contributed by atoms with Crippen LogP contribution in [0.2, 0.25) is 4.34 Å². The molecule has 4 saturated carbocycles. The van der Waals surface area contributed by atoms with Gasteiger partial charge in [0.1, 0.15) is 4.88 Å². The smallest absolute Gasteiger partial charge is 0.299 e. The molecule has 0 radical (unpaired) electrons. The van der Waals surface area contributed by atoms with Gasteiger partial charge < -0.3 is 5.32 Å². The number of amides is 1. The molecule has 4 bridgehead atoms. The Balaban J connectivity index is 1.50. The van der Waals surface area contributed by atoms with Gasteiger partial charge in [-0.05, 0) is 68.6 Å². The molecule has 0 aromatic carbocycles. The molecule has 5 nitrogen and oxygen atoms in total. The van der Waals surface area contributed by atoms with E-state index in [0.717, 1.165) is 29.1 Å². The molecular weight excluding hydrogens is 348 g/mol. The van der Waals surface area contributed by atoms with Gasteiger partial charge >= 0.3 is 0 Å². The molecule has 4 fully saturated rings. The predicted octanol–water partition coefficient (Wildman–Crippen LogP) is 4.64. The van der Waals surface area contributed by atoms with Gasteiger partial charge in [0.05, 0.1) is 4.92 Å². The third-order valence-corrected chi connectivity index (χ3v) is 7.78. The van der Waals surface area contributed by atoms with E-state index >= 15 is 0 Å². The van der Waals surface area contributed by atoms with Crippen molar-refractivity contribution in [3.63, 3.8) is 0 Å². The number of carbonyl (C=O) groups excluding carboxylic acids is 1. The molecule has 0 spiro atoms. The molecular formula is C17H21ClN2O3S. The molecule has 0 saturated heterocycles. The second-order valence-electron chi connectivity index (χ2n) is 8.00. The van der Waals surface area contributed by atoms with Crippen LogP contribution in [0.15, 0.2) is 6.07 Å². The van der Waals surface area contributed by atoms with Crippen LogP contribution in [0.5, 0.6) is 0 Å². The molecule has 4 aliphatic carbocycles. The quantitative estimate of drug-likeness (QED) is 0.621. The Morgan fingerprint density at radius 3 is 2.33 bits per heavy atom. The summed E-state index contributed by atoms with van der Waals surface area (Å²) in [5.74, 6) is 2.24. The molecule has 5 rings (SSSR count). The van der Waals surface area contributed by atoms with Crippen molar-refractivity contribution >= 4 is 34.5 Å². The number of nitro groups is 1. The number of rotatable bonds is 4. The van der Waals surface area contributed by atoms with Crippen LogP contribution < -0.4 is 5.32 Å². The highest BCUT2D eigenvalue weighted by Crippen LogP contribution is 2.61. The van der Waals surface area contributed by atoms with Crippen molar-refractivity contribution in [2.45, 2.75) is 51.5 Å². The number of nitrogens with one attached hydrogen (secondary N) is 1. The van der Waals surface area contributed by atoms with E-state index in [0.29, 0.717) is 4.88 Å². The first-order valence-electron chi connectivity index (χ1n) is 8.61. The zero-order valence-corrected chi connectivity index (χ0v) is 15.2. The van der Waals surface area contributed by atoms with Gasteiger partial charge in [-0.3, -0.25) is 14.9 Å². The number of carbonyl (C=O) groups is 1. The first kappa shape index (κ1) is 16.3. The van der Waals surface area contributed by atoms with Crippen molar-refractivity contribution in [3.8, 4) is 0 Å². The van der Waals surface area contributed by atoms with Crippen molar-refractivity contribution in [1.29, 1.82) is 0 Å². The van der Waals surface area contributed by atoms with Crippen LogP contribution in [0.4, 0.5) is 5.69 Å². The second kappa shape index (κ2) is 5.70. The van der Waals surface area contributed by atoms with E-state index in [4.69, 9.17) is 11.6 Å². The first-order valence-corrected chi connectivity index (χ1v) is 9.80. The Bertz CT molecular complexity index is 667. The maximum Gasteiger partial charge on any atom is 0.299 e. The lowest BCUT2D eigenvalue weighted by Crippen LogP contribution is -2.55. The summed E-state index contributed by atoms with van der Waals surface area (Å²) in [6.07, 6.45) is 7.75. The number of hydrogen-bond donors (Lipinski definition) is 1.